The van der Waals surface area contributed by atoms with E-state index in [1.54, 1.807) is 24.4 Å². The van der Waals surface area contributed by atoms with Crippen LogP contribution in [-0.2, 0) is 6.42 Å². The van der Waals surface area contributed by atoms with Crippen molar-refractivity contribution in [2.24, 2.45) is 0 Å². The second kappa shape index (κ2) is 6.26. The molecule has 5 nitrogen and oxygen atoms in total. The van der Waals surface area contributed by atoms with Crippen LogP contribution in [0.5, 0.6) is 0 Å². The maximum Gasteiger partial charge on any atom is 0.356 e. The standard InChI is InChI=1S/C13H12Cl2N2O3/c14-9-4-1-5-10(11(9)15)17-7-8(3-2-6-18)12(16-17)13(19)20/h1,4-5,7,18H,2-3,6H2,(H,19,20). The fraction of sp³-hybridized carbons (Fsp3) is 0.231. The van der Waals surface area contributed by atoms with Gasteiger partial charge in [0.15, 0.2) is 5.69 Å². The molecule has 1 aromatic carbocycles. The van der Waals surface area contributed by atoms with Crippen LogP contribution in [0.15, 0.2) is 24.4 Å². The third kappa shape index (κ3) is 2.95. The van der Waals surface area contributed by atoms with Gasteiger partial charge in [0.25, 0.3) is 0 Å². The lowest BCUT2D eigenvalue weighted by atomic mass is 10.1. The molecule has 7 heteroatoms. The molecule has 2 aromatic rings. The normalized spacial score (nSPS) is 10.8. The van der Waals surface area contributed by atoms with Crippen LogP contribution in [0, 0.1) is 0 Å². The molecule has 0 aliphatic carbocycles. The molecule has 0 fully saturated rings. The van der Waals surface area contributed by atoms with E-state index in [-0.39, 0.29) is 12.3 Å². The number of carboxylic acids is 1. The Morgan fingerprint density at radius 3 is 2.75 bits per heavy atom. The van der Waals surface area contributed by atoms with Gasteiger partial charge in [-0.15, -0.1) is 0 Å². The van der Waals surface area contributed by atoms with Gasteiger partial charge in [-0.25, -0.2) is 9.48 Å². The molecule has 0 saturated carbocycles. The topological polar surface area (TPSA) is 75.3 Å². The summed E-state index contributed by atoms with van der Waals surface area (Å²) in [6.45, 7) is -0.0117. The Hall–Kier alpha value is -1.56. The highest BCUT2D eigenvalue weighted by Gasteiger charge is 2.17. The second-order valence-electron chi connectivity index (χ2n) is 4.15. The second-order valence-corrected chi connectivity index (χ2v) is 4.94. The van der Waals surface area contributed by atoms with Crippen LogP contribution in [0.4, 0.5) is 0 Å². The minimum atomic E-state index is -1.12. The Kier molecular flexibility index (Phi) is 4.65. The number of hydrogen-bond acceptors (Lipinski definition) is 3. The molecule has 1 heterocycles. The van der Waals surface area contributed by atoms with Gasteiger partial charge in [-0.1, -0.05) is 29.3 Å². The number of aromatic carboxylic acids is 1. The van der Waals surface area contributed by atoms with E-state index in [0.717, 1.165) is 0 Å². The Balaban J connectivity index is 2.47. The highest BCUT2D eigenvalue weighted by molar-refractivity contribution is 6.43. The van der Waals surface area contributed by atoms with Crippen molar-refractivity contribution >= 4 is 29.2 Å². The van der Waals surface area contributed by atoms with Gasteiger partial charge in [-0.2, -0.15) is 5.10 Å². The number of nitrogens with zero attached hydrogens (tertiary/aromatic N) is 2. The van der Waals surface area contributed by atoms with E-state index in [0.29, 0.717) is 34.1 Å². The SMILES string of the molecule is O=C(O)c1nn(-c2cccc(Cl)c2Cl)cc1CCCO. The average molecular weight is 315 g/mol. The van der Waals surface area contributed by atoms with E-state index < -0.39 is 5.97 Å². The first-order valence-corrected chi connectivity index (χ1v) is 6.67. The molecular weight excluding hydrogens is 303 g/mol. The lowest BCUT2D eigenvalue weighted by Crippen LogP contribution is -2.03. The summed E-state index contributed by atoms with van der Waals surface area (Å²) in [5.74, 6) is -1.12. The van der Waals surface area contributed by atoms with Crippen LogP contribution in [0.3, 0.4) is 0 Å². The first kappa shape index (κ1) is 14.8. The molecule has 2 N–H and O–H groups in total. The molecule has 2 rings (SSSR count). The quantitative estimate of drug-likeness (QED) is 0.889. The fourth-order valence-electron chi connectivity index (χ4n) is 1.83. The van der Waals surface area contributed by atoms with E-state index in [1.807, 2.05) is 0 Å². The van der Waals surface area contributed by atoms with E-state index in [2.05, 4.69) is 5.10 Å². The van der Waals surface area contributed by atoms with E-state index in [4.69, 9.17) is 33.4 Å². The highest BCUT2D eigenvalue weighted by Crippen LogP contribution is 2.28. The van der Waals surface area contributed by atoms with Crippen molar-refractivity contribution in [3.05, 3.63) is 45.7 Å². The Morgan fingerprint density at radius 1 is 1.35 bits per heavy atom. The molecule has 1 aromatic heterocycles. The Bertz CT molecular complexity index is 641. The number of aryl methyl sites for hydroxylation is 1. The smallest absolute Gasteiger partial charge is 0.356 e. The van der Waals surface area contributed by atoms with E-state index in [1.165, 1.54) is 4.68 Å². The summed E-state index contributed by atoms with van der Waals surface area (Å²) in [5.41, 5.74) is 1.01. The Labute approximate surface area is 125 Å². The first-order valence-electron chi connectivity index (χ1n) is 5.91. The van der Waals surface area contributed by atoms with Gasteiger partial charge in [-0.05, 0) is 25.0 Å². The third-order valence-corrected chi connectivity index (χ3v) is 3.58. The third-order valence-electron chi connectivity index (χ3n) is 2.77. The number of benzene rings is 1. The predicted octanol–water partition coefficient (Wildman–Crippen LogP) is 2.80. The predicted molar refractivity (Wildman–Crippen MR) is 76.0 cm³/mol. The molecule has 0 unspecified atom stereocenters. The summed E-state index contributed by atoms with van der Waals surface area (Å²) >= 11 is 12.0. The minimum Gasteiger partial charge on any atom is -0.476 e. The molecule has 20 heavy (non-hydrogen) atoms. The number of carbonyl (C=O) groups is 1. The van der Waals surface area contributed by atoms with Gasteiger partial charge in [0.05, 0.1) is 15.7 Å². The molecule has 0 radical (unpaired) electrons. The summed E-state index contributed by atoms with van der Waals surface area (Å²) < 4.78 is 1.39. The summed E-state index contributed by atoms with van der Waals surface area (Å²) in [7, 11) is 0. The number of aliphatic hydroxyl groups excluding tert-OH is 1. The van der Waals surface area contributed by atoms with Crippen molar-refractivity contribution in [2.75, 3.05) is 6.61 Å². The van der Waals surface area contributed by atoms with Crippen LogP contribution >= 0.6 is 23.2 Å². The molecule has 0 aliphatic rings. The Morgan fingerprint density at radius 2 is 2.10 bits per heavy atom. The van der Waals surface area contributed by atoms with Crippen molar-refractivity contribution in [3.8, 4) is 5.69 Å². The van der Waals surface area contributed by atoms with Crippen molar-refractivity contribution in [3.63, 3.8) is 0 Å². The molecule has 0 atom stereocenters. The van der Waals surface area contributed by atoms with Crippen LogP contribution in [0.25, 0.3) is 5.69 Å². The van der Waals surface area contributed by atoms with Crippen molar-refractivity contribution in [1.29, 1.82) is 0 Å². The molecular formula is C13H12Cl2N2O3. The van der Waals surface area contributed by atoms with Gasteiger partial charge in [0.1, 0.15) is 0 Å². The highest BCUT2D eigenvalue weighted by atomic mass is 35.5. The zero-order valence-electron chi connectivity index (χ0n) is 10.4. The minimum absolute atomic E-state index is 0.0117. The number of halogens is 2. The van der Waals surface area contributed by atoms with Gasteiger partial charge < -0.3 is 10.2 Å². The summed E-state index contributed by atoms with van der Waals surface area (Å²) in [6.07, 6.45) is 2.49. The summed E-state index contributed by atoms with van der Waals surface area (Å²) in [5, 5.41) is 22.7. The zero-order chi connectivity index (χ0) is 14.7. The largest absolute Gasteiger partial charge is 0.476 e. The molecule has 0 saturated heterocycles. The van der Waals surface area contributed by atoms with Crippen LogP contribution in [-0.4, -0.2) is 32.6 Å². The van der Waals surface area contributed by atoms with Crippen molar-refractivity contribution < 1.29 is 15.0 Å². The van der Waals surface area contributed by atoms with Gasteiger partial charge in [0, 0.05) is 18.4 Å². The number of carboxylic acid groups (broad SMARTS) is 1. The molecule has 0 aliphatic heterocycles. The number of aliphatic hydroxyl groups is 1. The van der Waals surface area contributed by atoms with E-state index >= 15 is 0 Å². The number of aromatic nitrogens is 2. The maximum atomic E-state index is 11.2. The molecule has 0 amide bonds. The fourth-order valence-corrected chi connectivity index (χ4v) is 2.22. The lowest BCUT2D eigenvalue weighted by molar-refractivity contribution is 0.0688. The summed E-state index contributed by atoms with van der Waals surface area (Å²) in [4.78, 5) is 11.2. The number of hydrogen-bond donors (Lipinski definition) is 2. The maximum absolute atomic E-state index is 11.2. The average Bonchev–Trinajstić information content (AvgIpc) is 2.83. The van der Waals surface area contributed by atoms with Crippen LogP contribution in [0.1, 0.15) is 22.5 Å². The lowest BCUT2D eigenvalue weighted by Gasteiger charge is -2.04. The molecule has 0 bridgehead atoms. The summed E-state index contributed by atoms with van der Waals surface area (Å²) in [6, 6.07) is 5.05. The van der Waals surface area contributed by atoms with Crippen LogP contribution in [0.2, 0.25) is 10.0 Å². The van der Waals surface area contributed by atoms with Gasteiger partial charge in [0.2, 0.25) is 0 Å². The molecule has 0 spiro atoms. The van der Waals surface area contributed by atoms with Crippen molar-refractivity contribution in [1.82, 2.24) is 9.78 Å². The number of rotatable bonds is 5. The monoisotopic (exact) mass is 314 g/mol. The van der Waals surface area contributed by atoms with E-state index in [9.17, 15) is 4.79 Å². The van der Waals surface area contributed by atoms with Crippen molar-refractivity contribution in [2.45, 2.75) is 12.8 Å². The van der Waals surface area contributed by atoms with Gasteiger partial charge >= 0.3 is 5.97 Å². The first-order chi connectivity index (χ1) is 9.54. The zero-order valence-corrected chi connectivity index (χ0v) is 11.9. The molecule has 106 valence electrons. The van der Waals surface area contributed by atoms with Gasteiger partial charge in [-0.3, -0.25) is 0 Å². The van der Waals surface area contributed by atoms with Crippen LogP contribution < -0.4 is 0 Å².